The number of likely N-dealkylation sites (N-methyl/N-ethyl adjacent to an activating group) is 2. The number of nitrogens with one attached hydrogen (secondary N) is 1. The maximum Gasteiger partial charge on any atom is 0.244 e. The summed E-state index contributed by atoms with van der Waals surface area (Å²) < 4.78 is 27.1. The molecule has 0 aliphatic carbocycles. The first kappa shape index (κ1) is 21.7. The van der Waals surface area contributed by atoms with Crippen molar-refractivity contribution in [2.45, 2.75) is 17.4 Å². The van der Waals surface area contributed by atoms with Gasteiger partial charge < -0.3 is 15.1 Å². The number of aromatic nitrogens is 1. The molecule has 1 aliphatic rings. The maximum absolute atomic E-state index is 12.8. The summed E-state index contributed by atoms with van der Waals surface area (Å²) in [7, 11) is 2.65. The Labute approximate surface area is 174 Å². The summed E-state index contributed by atoms with van der Waals surface area (Å²) in [5.74, 6) is 0.683. The van der Waals surface area contributed by atoms with Crippen LogP contribution >= 0.6 is 0 Å². The molecule has 1 saturated heterocycles. The molecule has 1 aromatic heterocycles. The van der Waals surface area contributed by atoms with E-state index in [2.05, 4.69) is 58.5 Å². The number of nitrogens with zero attached hydrogens (tertiary/aromatic N) is 4. The molecule has 0 radical (unpaired) electrons. The van der Waals surface area contributed by atoms with Crippen molar-refractivity contribution in [3.63, 3.8) is 0 Å². The summed E-state index contributed by atoms with van der Waals surface area (Å²) in [5.41, 5.74) is 1.29. The summed E-state index contributed by atoms with van der Waals surface area (Å²) in [5, 5.41) is 3.34. The Hall–Kier alpha value is -2.00. The van der Waals surface area contributed by atoms with Crippen LogP contribution in [0.15, 0.2) is 53.6 Å². The van der Waals surface area contributed by atoms with Gasteiger partial charge in [0.2, 0.25) is 10.0 Å². The van der Waals surface area contributed by atoms with Gasteiger partial charge in [0, 0.05) is 45.0 Å². The lowest BCUT2D eigenvalue weighted by molar-refractivity contribution is 0.222. The van der Waals surface area contributed by atoms with Crippen LogP contribution in [0.25, 0.3) is 0 Å². The summed E-state index contributed by atoms with van der Waals surface area (Å²) in [4.78, 5) is 8.92. The SMILES string of the molecule is CN1CCN(S(=O)(=O)c2ccc(NCC(Cc3ccccc3)N(C)C)nc2)CC1. The molecule has 1 unspecified atom stereocenters. The highest BCUT2D eigenvalue weighted by Crippen LogP contribution is 2.18. The van der Waals surface area contributed by atoms with Crippen molar-refractivity contribution in [3.8, 4) is 0 Å². The smallest absolute Gasteiger partial charge is 0.244 e. The van der Waals surface area contributed by atoms with Gasteiger partial charge in [0.05, 0.1) is 0 Å². The standard InChI is InChI=1S/C21H31N5O2S/c1-24(2)19(15-18-7-5-4-6-8-18)16-22-21-10-9-20(17-23-21)29(27,28)26-13-11-25(3)12-14-26/h4-10,17,19H,11-16H2,1-3H3,(H,22,23). The zero-order chi connectivity index (χ0) is 20.9. The van der Waals surface area contributed by atoms with Gasteiger partial charge in [-0.3, -0.25) is 0 Å². The molecular formula is C21H31N5O2S. The molecule has 158 valence electrons. The van der Waals surface area contributed by atoms with E-state index in [0.29, 0.717) is 24.9 Å². The minimum absolute atomic E-state index is 0.251. The van der Waals surface area contributed by atoms with Gasteiger partial charge in [0.1, 0.15) is 10.7 Å². The van der Waals surface area contributed by atoms with Crippen LogP contribution in [0.4, 0.5) is 5.82 Å². The van der Waals surface area contributed by atoms with Crippen molar-refractivity contribution < 1.29 is 8.42 Å². The molecule has 1 fully saturated rings. The lowest BCUT2D eigenvalue weighted by Crippen LogP contribution is -2.47. The van der Waals surface area contributed by atoms with Crippen LogP contribution in [0, 0.1) is 0 Å². The molecule has 2 heterocycles. The van der Waals surface area contributed by atoms with Gasteiger partial charge in [-0.1, -0.05) is 30.3 Å². The zero-order valence-electron chi connectivity index (χ0n) is 17.5. The molecule has 2 aromatic rings. The van der Waals surface area contributed by atoms with Crippen molar-refractivity contribution in [1.82, 2.24) is 19.1 Å². The Morgan fingerprint density at radius 1 is 1.07 bits per heavy atom. The Morgan fingerprint density at radius 2 is 1.76 bits per heavy atom. The predicted molar refractivity (Wildman–Crippen MR) is 117 cm³/mol. The van der Waals surface area contributed by atoms with Crippen LogP contribution < -0.4 is 5.32 Å². The number of benzene rings is 1. The summed E-state index contributed by atoms with van der Waals surface area (Å²) in [6.07, 6.45) is 2.38. The van der Waals surface area contributed by atoms with E-state index >= 15 is 0 Å². The average Bonchev–Trinajstić information content (AvgIpc) is 2.72. The molecule has 1 aromatic carbocycles. The first-order chi connectivity index (χ1) is 13.9. The number of pyridine rings is 1. The Morgan fingerprint density at radius 3 is 2.34 bits per heavy atom. The predicted octanol–water partition coefficient (Wildman–Crippen LogP) is 1.60. The molecule has 8 heteroatoms. The molecule has 3 rings (SSSR count). The van der Waals surface area contributed by atoms with Crippen LogP contribution in [0.2, 0.25) is 0 Å². The normalized spacial score (nSPS) is 17.4. The number of hydrogen-bond acceptors (Lipinski definition) is 6. The van der Waals surface area contributed by atoms with Crippen molar-refractivity contribution in [3.05, 3.63) is 54.2 Å². The topological polar surface area (TPSA) is 68.8 Å². The molecular weight excluding hydrogens is 386 g/mol. The first-order valence-electron chi connectivity index (χ1n) is 9.95. The van der Waals surface area contributed by atoms with E-state index in [9.17, 15) is 8.42 Å². The fraction of sp³-hybridized carbons (Fsp3) is 0.476. The fourth-order valence-electron chi connectivity index (χ4n) is 3.36. The van der Waals surface area contributed by atoms with E-state index in [1.807, 2.05) is 13.1 Å². The van der Waals surface area contributed by atoms with E-state index in [1.54, 1.807) is 16.4 Å². The van der Waals surface area contributed by atoms with Gasteiger partial charge in [-0.05, 0) is 45.3 Å². The lowest BCUT2D eigenvalue weighted by Gasteiger charge is -2.31. The van der Waals surface area contributed by atoms with E-state index < -0.39 is 10.0 Å². The van der Waals surface area contributed by atoms with Crippen molar-refractivity contribution in [2.24, 2.45) is 0 Å². The molecule has 1 atom stereocenters. The molecule has 1 N–H and O–H groups in total. The van der Waals surface area contributed by atoms with Gasteiger partial charge in [0.15, 0.2) is 0 Å². The van der Waals surface area contributed by atoms with Crippen LogP contribution in [-0.4, -0.2) is 87.4 Å². The highest BCUT2D eigenvalue weighted by atomic mass is 32.2. The van der Waals surface area contributed by atoms with Gasteiger partial charge in [-0.25, -0.2) is 13.4 Å². The van der Waals surface area contributed by atoms with E-state index in [0.717, 1.165) is 26.1 Å². The largest absolute Gasteiger partial charge is 0.368 e. The Kier molecular flexibility index (Phi) is 7.23. The van der Waals surface area contributed by atoms with E-state index in [1.165, 1.54) is 11.8 Å². The Balaban J connectivity index is 1.61. The van der Waals surface area contributed by atoms with Crippen molar-refractivity contribution in [1.29, 1.82) is 0 Å². The number of rotatable bonds is 8. The first-order valence-corrected chi connectivity index (χ1v) is 11.4. The second-order valence-corrected chi connectivity index (χ2v) is 9.71. The maximum atomic E-state index is 12.8. The number of hydrogen-bond donors (Lipinski definition) is 1. The minimum Gasteiger partial charge on any atom is -0.368 e. The molecule has 7 nitrogen and oxygen atoms in total. The van der Waals surface area contributed by atoms with Crippen LogP contribution in [0.1, 0.15) is 5.56 Å². The summed E-state index contributed by atoms with van der Waals surface area (Å²) in [6.45, 7) is 3.25. The third-order valence-corrected chi connectivity index (χ3v) is 7.28. The van der Waals surface area contributed by atoms with Crippen LogP contribution in [-0.2, 0) is 16.4 Å². The third-order valence-electron chi connectivity index (χ3n) is 5.40. The summed E-state index contributed by atoms with van der Waals surface area (Å²) >= 11 is 0. The second kappa shape index (κ2) is 9.67. The lowest BCUT2D eigenvalue weighted by atomic mass is 10.1. The van der Waals surface area contributed by atoms with Gasteiger partial charge in [-0.15, -0.1) is 0 Å². The second-order valence-electron chi connectivity index (χ2n) is 7.77. The minimum atomic E-state index is -3.48. The molecule has 0 spiro atoms. The Bertz CT molecular complexity index is 864. The molecule has 0 amide bonds. The number of sulfonamides is 1. The highest BCUT2D eigenvalue weighted by molar-refractivity contribution is 7.89. The van der Waals surface area contributed by atoms with E-state index in [4.69, 9.17) is 0 Å². The van der Waals surface area contributed by atoms with Crippen LogP contribution in [0.3, 0.4) is 0 Å². The van der Waals surface area contributed by atoms with Crippen molar-refractivity contribution in [2.75, 3.05) is 59.2 Å². The molecule has 0 bridgehead atoms. The monoisotopic (exact) mass is 417 g/mol. The molecule has 29 heavy (non-hydrogen) atoms. The fourth-order valence-corrected chi connectivity index (χ4v) is 4.73. The van der Waals surface area contributed by atoms with Crippen molar-refractivity contribution >= 4 is 15.8 Å². The van der Waals surface area contributed by atoms with Crippen LogP contribution in [0.5, 0.6) is 0 Å². The quantitative estimate of drug-likeness (QED) is 0.704. The van der Waals surface area contributed by atoms with Gasteiger partial charge in [0.25, 0.3) is 0 Å². The molecule has 0 saturated carbocycles. The van der Waals surface area contributed by atoms with Gasteiger partial charge in [-0.2, -0.15) is 4.31 Å². The summed E-state index contributed by atoms with van der Waals surface area (Å²) in [6, 6.07) is 14.1. The number of piperazine rings is 1. The third kappa shape index (κ3) is 5.76. The average molecular weight is 418 g/mol. The highest BCUT2D eigenvalue weighted by Gasteiger charge is 2.27. The zero-order valence-corrected chi connectivity index (χ0v) is 18.3. The number of anilines is 1. The molecule has 1 aliphatic heterocycles. The van der Waals surface area contributed by atoms with E-state index in [-0.39, 0.29) is 4.90 Å². The van der Waals surface area contributed by atoms with Gasteiger partial charge >= 0.3 is 0 Å².